The molecule has 4 N–H and O–H groups in total. The highest BCUT2D eigenvalue weighted by Gasteiger charge is 2.45. The molecule has 2 aliphatic rings. The van der Waals surface area contributed by atoms with Crippen molar-refractivity contribution in [2.45, 2.75) is 43.9 Å². The zero-order valence-electron chi connectivity index (χ0n) is 18.6. The third kappa shape index (κ3) is 4.64. The van der Waals surface area contributed by atoms with Gasteiger partial charge in [0.25, 0.3) is 0 Å². The molecule has 1 fully saturated rings. The molecular weight excluding hydrogens is 450 g/mol. The molecule has 33 heavy (non-hydrogen) atoms. The van der Waals surface area contributed by atoms with Crippen LogP contribution in [0.2, 0.25) is 5.02 Å². The normalized spacial score (nSPS) is 27.1. The minimum absolute atomic E-state index is 0.419. The van der Waals surface area contributed by atoms with Crippen molar-refractivity contribution in [3.8, 4) is 11.5 Å². The maximum atomic E-state index is 10.7. The zero-order valence-corrected chi connectivity index (χ0v) is 19.4. The van der Waals surface area contributed by atoms with Crippen LogP contribution in [0.4, 0.5) is 5.69 Å². The van der Waals surface area contributed by atoms with E-state index in [1.165, 1.54) is 0 Å². The quantitative estimate of drug-likeness (QED) is 0.495. The summed E-state index contributed by atoms with van der Waals surface area (Å²) in [6.45, 7) is 3.07. The molecule has 0 saturated carbocycles. The van der Waals surface area contributed by atoms with E-state index in [0.29, 0.717) is 48.2 Å². The molecule has 0 unspecified atom stereocenters. The lowest BCUT2D eigenvalue weighted by Gasteiger charge is -2.42. The summed E-state index contributed by atoms with van der Waals surface area (Å²) in [5.41, 5.74) is 3.00. The van der Waals surface area contributed by atoms with Crippen molar-refractivity contribution in [1.29, 1.82) is 0 Å². The van der Waals surface area contributed by atoms with Crippen LogP contribution in [0.5, 0.6) is 11.5 Å². The number of hydrogen-bond acceptors (Lipinski definition) is 8. The van der Waals surface area contributed by atoms with Crippen molar-refractivity contribution in [1.82, 2.24) is 0 Å². The van der Waals surface area contributed by atoms with Gasteiger partial charge in [-0.1, -0.05) is 23.7 Å². The van der Waals surface area contributed by atoms with Gasteiger partial charge in [-0.15, -0.1) is 0 Å². The van der Waals surface area contributed by atoms with E-state index >= 15 is 0 Å². The number of aliphatic hydroxyl groups excluding tert-OH is 4. The second-order valence-corrected chi connectivity index (χ2v) is 8.77. The Hall–Kier alpha value is -2.07. The smallest absolute Gasteiger partial charge is 0.150 e. The molecule has 0 spiro atoms. The minimum atomic E-state index is -1.48. The van der Waals surface area contributed by atoms with Gasteiger partial charge in [0.15, 0.2) is 0 Å². The summed E-state index contributed by atoms with van der Waals surface area (Å²) in [6.07, 6.45) is -5.86. The number of rotatable bonds is 6. The molecule has 1 saturated heterocycles. The minimum Gasteiger partial charge on any atom is -0.494 e. The van der Waals surface area contributed by atoms with Gasteiger partial charge in [-0.3, -0.25) is 0 Å². The van der Waals surface area contributed by atoms with Crippen LogP contribution in [-0.4, -0.2) is 78.3 Å². The fourth-order valence-corrected chi connectivity index (χ4v) is 4.73. The molecule has 0 radical (unpaired) electrons. The molecule has 2 aromatic rings. The Morgan fingerprint density at radius 1 is 1.12 bits per heavy atom. The average molecular weight is 480 g/mol. The van der Waals surface area contributed by atoms with E-state index in [2.05, 4.69) is 0 Å². The molecule has 0 amide bonds. The van der Waals surface area contributed by atoms with Crippen LogP contribution in [-0.2, 0) is 11.2 Å². The Bertz CT molecular complexity index is 968. The highest BCUT2D eigenvalue weighted by atomic mass is 35.5. The SMILES string of the molecule is CCOc1ccc(Cc2cc([C@@H]3O[C@H](CO)[C@@H](O)[C@H](O)[C@H]3O)c3c(c2Cl)N(C)CCO3)cc1. The first-order chi connectivity index (χ1) is 15.8. The summed E-state index contributed by atoms with van der Waals surface area (Å²) in [6, 6.07) is 9.55. The molecule has 180 valence electrons. The molecule has 9 heteroatoms. The van der Waals surface area contributed by atoms with Crippen molar-refractivity contribution >= 4 is 17.3 Å². The number of halogens is 1. The molecule has 2 aliphatic heterocycles. The van der Waals surface area contributed by atoms with Crippen LogP contribution in [0.25, 0.3) is 0 Å². The Labute approximate surface area is 197 Å². The molecular formula is C24H30ClNO7. The van der Waals surface area contributed by atoms with Crippen LogP contribution in [0, 0.1) is 0 Å². The summed E-state index contributed by atoms with van der Waals surface area (Å²) < 4.78 is 17.3. The Morgan fingerprint density at radius 2 is 1.85 bits per heavy atom. The van der Waals surface area contributed by atoms with Gasteiger partial charge < -0.3 is 39.5 Å². The fraction of sp³-hybridized carbons (Fsp3) is 0.500. The highest BCUT2D eigenvalue weighted by Crippen LogP contribution is 2.48. The molecule has 5 atom stereocenters. The van der Waals surface area contributed by atoms with Crippen LogP contribution in [0.1, 0.15) is 29.7 Å². The number of aliphatic hydroxyl groups is 4. The van der Waals surface area contributed by atoms with Gasteiger partial charge in [-0.2, -0.15) is 0 Å². The monoisotopic (exact) mass is 479 g/mol. The van der Waals surface area contributed by atoms with Crippen molar-refractivity contribution in [3.63, 3.8) is 0 Å². The standard InChI is InChI=1S/C24H30ClNO7/c1-3-31-15-6-4-13(5-7-15)10-14-11-16(23-19(18(14)25)26(2)8-9-32-23)24-22(30)21(29)20(28)17(12-27)33-24/h4-7,11,17,20-22,24,27-30H,3,8-10,12H2,1-2H3/t17-,20-,21+,22-,24+/m1/s1. The van der Waals surface area contributed by atoms with E-state index in [1.54, 1.807) is 0 Å². The van der Waals surface area contributed by atoms with E-state index in [4.69, 9.17) is 25.8 Å². The molecule has 8 nitrogen and oxygen atoms in total. The van der Waals surface area contributed by atoms with Crippen LogP contribution < -0.4 is 14.4 Å². The second-order valence-electron chi connectivity index (χ2n) is 8.39. The third-order valence-corrected chi connectivity index (χ3v) is 6.60. The maximum Gasteiger partial charge on any atom is 0.150 e. The van der Waals surface area contributed by atoms with Gasteiger partial charge in [0.2, 0.25) is 0 Å². The van der Waals surface area contributed by atoms with E-state index in [1.807, 2.05) is 49.2 Å². The van der Waals surface area contributed by atoms with Crippen LogP contribution in [0.15, 0.2) is 30.3 Å². The molecule has 2 aromatic carbocycles. The lowest BCUT2D eigenvalue weighted by molar-refractivity contribution is -0.232. The number of likely N-dealkylation sites (N-methyl/N-ethyl adjacent to an activating group) is 1. The summed E-state index contributed by atoms with van der Waals surface area (Å²) in [5, 5.41) is 41.4. The Balaban J connectivity index is 1.76. The number of nitrogens with zero attached hydrogens (tertiary/aromatic N) is 1. The number of ether oxygens (including phenoxy) is 3. The van der Waals surface area contributed by atoms with E-state index in [-0.39, 0.29) is 0 Å². The van der Waals surface area contributed by atoms with Gasteiger partial charge in [-0.05, 0) is 42.7 Å². The first kappa shape index (κ1) is 24.1. The van der Waals surface area contributed by atoms with E-state index in [0.717, 1.165) is 16.9 Å². The average Bonchev–Trinajstić information content (AvgIpc) is 2.81. The third-order valence-electron chi connectivity index (χ3n) is 6.18. The number of fused-ring (bicyclic) bond motifs is 1. The van der Waals surface area contributed by atoms with Gasteiger partial charge in [0.1, 0.15) is 48.6 Å². The summed E-state index contributed by atoms with van der Waals surface area (Å²) in [5.74, 6) is 1.25. The maximum absolute atomic E-state index is 10.7. The van der Waals surface area contributed by atoms with Gasteiger partial charge >= 0.3 is 0 Å². The van der Waals surface area contributed by atoms with E-state index in [9.17, 15) is 20.4 Å². The van der Waals surface area contributed by atoms with E-state index < -0.39 is 37.1 Å². The Kier molecular flexibility index (Phi) is 7.33. The Morgan fingerprint density at radius 3 is 2.52 bits per heavy atom. The summed E-state index contributed by atoms with van der Waals surface area (Å²) in [4.78, 5) is 1.98. The number of hydrogen-bond donors (Lipinski definition) is 4. The fourth-order valence-electron chi connectivity index (χ4n) is 4.38. The first-order valence-electron chi connectivity index (χ1n) is 11.1. The molecule has 0 bridgehead atoms. The predicted octanol–water partition coefficient (Wildman–Crippen LogP) is 1.67. The van der Waals surface area contributed by atoms with Crippen molar-refractivity contribution in [2.24, 2.45) is 0 Å². The predicted molar refractivity (Wildman–Crippen MR) is 123 cm³/mol. The largest absolute Gasteiger partial charge is 0.494 e. The van der Waals surface area contributed by atoms with Crippen molar-refractivity contribution in [3.05, 3.63) is 52.0 Å². The highest BCUT2D eigenvalue weighted by molar-refractivity contribution is 6.34. The lowest BCUT2D eigenvalue weighted by atomic mass is 9.88. The summed E-state index contributed by atoms with van der Waals surface area (Å²) >= 11 is 6.83. The first-order valence-corrected chi connectivity index (χ1v) is 11.4. The second kappa shape index (κ2) is 10.0. The molecule has 0 aromatic heterocycles. The van der Waals surface area contributed by atoms with Gasteiger partial charge in [0.05, 0.1) is 30.5 Å². The zero-order chi connectivity index (χ0) is 23.7. The molecule has 0 aliphatic carbocycles. The van der Waals surface area contributed by atoms with Gasteiger partial charge in [0, 0.05) is 12.6 Å². The number of benzene rings is 2. The van der Waals surface area contributed by atoms with Gasteiger partial charge in [-0.25, -0.2) is 0 Å². The summed E-state index contributed by atoms with van der Waals surface area (Å²) in [7, 11) is 1.91. The van der Waals surface area contributed by atoms with Crippen LogP contribution in [0.3, 0.4) is 0 Å². The topological polar surface area (TPSA) is 112 Å². The molecule has 4 rings (SSSR count). The lowest BCUT2D eigenvalue weighted by Crippen LogP contribution is -2.55. The number of anilines is 1. The van der Waals surface area contributed by atoms with Crippen LogP contribution >= 0.6 is 11.6 Å². The molecule has 2 heterocycles. The van der Waals surface area contributed by atoms with Crippen molar-refractivity contribution < 1.29 is 34.6 Å². The van der Waals surface area contributed by atoms with Crippen molar-refractivity contribution in [2.75, 3.05) is 38.3 Å².